The fourth-order valence-electron chi connectivity index (χ4n) is 2.60. The number of hydrogen-bond acceptors (Lipinski definition) is 3. The van der Waals surface area contributed by atoms with E-state index in [4.69, 9.17) is 0 Å². The van der Waals surface area contributed by atoms with Crippen molar-refractivity contribution in [3.8, 4) is 0 Å². The van der Waals surface area contributed by atoms with Crippen LogP contribution in [0.4, 0.5) is 0 Å². The van der Waals surface area contributed by atoms with Crippen LogP contribution in [-0.2, 0) is 0 Å². The van der Waals surface area contributed by atoms with Crippen molar-refractivity contribution in [2.75, 3.05) is 52.4 Å². The van der Waals surface area contributed by atoms with E-state index in [1.807, 2.05) is 0 Å². The van der Waals surface area contributed by atoms with Gasteiger partial charge in [-0.05, 0) is 71.6 Å². The normalized spacial score (nSPS) is 11.7. The number of nitrogens with one attached hydrogen (secondary N) is 1. The zero-order chi connectivity index (χ0) is 15.1. The Balaban J connectivity index is 3.47. The first-order chi connectivity index (χ1) is 9.78. The van der Waals surface area contributed by atoms with Gasteiger partial charge >= 0.3 is 0 Å². The SMILES string of the molecule is CCNCCCCCCN(CC)CCCN(CC)CC. The smallest absolute Gasteiger partial charge is 0.000666 e. The van der Waals surface area contributed by atoms with E-state index >= 15 is 0 Å². The summed E-state index contributed by atoms with van der Waals surface area (Å²) in [5.74, 6) is 0. The van der Waals surface area contributed by atoms with E-state index in [1.54, 1.807) is 0 Å². The molecule has 0 radical (unpaired) electrons. The molecule has 3 nitrogen and oxygen atoms in total. The molecular weight excluding hydrogens is 246 g/mol. The molecule has 3 heteroatoms. The molecule has 0 heterocycles. The van der Waals surface area contributed by atoms with E-state index in [0.717, 1.165) is 6.54 Å². The Hall–Kier alpha value is -0.120. The summed E-state index contributed by atoms with van der Waals surface area (Å²) in [6.07, 6.45) is 6.78. The van der Waals surface area contributed by atoms with Crippen LogP contribution in [0.1, 0.15) is 59.8 Å². The summed E-state index contributed by atoms with van der Waals surface area (Å²) < 4.78 is 0. The first-order valence-corrected chi connectivity index (χ1v) is 8.93. The average molecular weight is 286 g/mol. The van der Waals surface area contributed by atoms with Crippen LogP contribution in [-0.4, -0.2) is 62.2 Å². The molecule has 0 aromatic carbocycles. The lowest BCUT2D eigenvalue weighted by atomic mass is 10.2. The lowest BCUT2D eigenvalue weighted by Gasteiger charge is -2.23. The molecule has 0 unspecified atom stereocenters. The lowest BCUT2D eigenvalue weighted by molar-refractivity contribution is 0.240. The van der Waals surface area contributed by atoms with Crippen molar-refractivity contribution in [3.63, 3.8) is 0 Å². The van der Waals surface area contributed by atoms with Crippen LogP contribution < -0.4 is 5.32 Å². The van der Waals surface area contributed by atoms with Crippen LogP contribution in [0.3, 0.4) is 0 Å². The molecule has 0 amide bonds. The Kier molecular flexibility index (Phi) is 15.2. The molecule has 0 rings (SSSR count). The molecule has 0 aliphatic rings. The first-order valence-electron chi connectivity index (χ1n) is 8.93. The highest BCUT2D eigenvalue weighted by atomic mass is 15.1. The van der Waals surface area contributed by atoms with Crippen LogP contribution >= 0.6 is 0 Å². The van der Waals surface area contributed by atoms with Gasteiger partial charge in [0.2, 0.25) is 0 Å². The minimum Gasteiger partial charge on any atom is -0.317 e. The minimum atomic E-state index is 1.11. The molecule has 0 saturated heterocycles. The predicted octanol–water partition coefficient (Wildman–Crippen LogP) is 3.21. The molecule has 0 aliphatic heterocycles. The Labute approximate surface area is 128 Å². The molecule has 0 aromatic rings. The largest absolute Gasteiger partial charge is 0.317 e. The van der Waals surface area contributed by atoms with Crippen molar-refractivity contribution in [1.29, 1.82) is 0 Å². The summed E-state index contributed by atoms with van der Waals surface area (Å²) in [7, 11) is 0. The second-order valence-electron chi connectivity index (χ2n) is 5.58. The summed E-state index contributed by atoms with van der Waals surface area (Å²) in [6, 6.07) is 0. The second kappa shape index (κ2) is 15.3. The van der Waals surface area contributed by atoms with Crippen LogP contribution in [0.15, 0.2) is 0 Å². The van der Waals surface area contributed by atoms with E-state index in [9.17, 15) is 0 Å². The lowest BCUT2D eigenvalue weighted by Crippen LogP contribution is -2.30. The van der Waals surface area contributed by atoms with Gasteiger partial charge in [0.05, 0.1) is 0 Å². The Bertz CT molecular complexity index is 181. The van der Waals surface area contributed by atoms with Gasteiger partial charge in [-0.25, -0.2) is 0 Å². The number of nitrogens with zero attached hydrogens (tertiary/aromatic N) is 2. The quantitative estimate of drug-likeness (QED) is 0.466. The molecule has 1 N–H and O–H groups in total. The Morgan fingerprint density at radius 1 is 0.600 bits per heavy atom. The van der Waals surface area contributed by atoms with Gasteiger partial charge in [0.25, 0.3) is 0 Å². The van der Waals surface area contributed by atoms with Gasteiger partial charge in [-0.15, -0.1) is 0 Å². The van der Waals surface area contributed by atoms with Gasteiger partial charge in [0.1, 0.15) is 0 Å². The fraction of sp³-hybridized carbons (Fsp3) is 1.00. The van der Waals surface area contributed by atoms with Crippen LogP contribution in [0.25, 0.3) is 0 Å². The molecule has 20 heavy (non-hydrogen) atoms. The fourth-order valence-corrected chi connectivity index (χ4v) is 2.60. The standard InChI is InChI=1S/C17H39N3/c1-5-18-14-11-9-10-12-15-20(8-4)17-13-16-19(6-2)7-3/h18H,5-17H2,1-4H3. The van der Waals surface area contributed by atoms with E-state index in [1.165, 1.54) is 77.9 Å². The van der Waals surface area contributed by atoms with E-state index < -0.39 is 0 Å². The monoisotopic (exact) mass is 285 g/mol. The molecular formula is C17H39N3. The van der Waals surface area contributed by atoms with Gasteiger partial charge in [0.15, 0.2) is 0 Å². The molecule has 0 atom stereocenters. The van der Waals surface area contributed by atoms with E-state index in [0.29, 0.717) is 0 Å². The maximum absolute atomic E-state index is 3.39. The van der Waals surface area contributed by atoms with Crippen molar-refractivity contribution in [1.82, 2.24) is 15.1 Å². The summed E-state index contributed by atoms with van der Waals surface area (Å²) in [6.45, 7) is 18.7. The second-order valence-corrected chi connectivity index (χ2v) is 5.58. The van der Waals surface area contributed by atoms with Crippen LogP contribution in [0, 0.1) is 0 Å². The maximum Gasteiger partial charge on any atom is -0.000666 e. The average Bonchev–Trinajstić information content (AvgIpc) is 2.48. The highest BCUT2D eigenvalue weighted by molar-refractivity contribution is 4.60. The molecule has 0 aliphatic carbocycles. The zero-order valence-electron chi connectivity index (χ0n) is 14.6. The van der Waals surface area contributed by atoms with Gasteiger partial charge in [-0.2, -0.15) is 0 Å². The first kappa shape index (κ1) is 19.9. The van der Waals surface area contributed by atoms with Crippen LogP contribution in [0.2, 0.25) is 0 Å². The van der Waals surface area contributed by atoms with Crippen molar-refractivity contribution < 1.29 is 0 Å². The molecule has 0 spiro atoms. The maximum atomic E-state index is 3.39. The van der Waals surface area contributed by atoms with E-state index in [-0.39, 0.29) is 0 Å². The zero-order valence-corrected chi connectivity index (χ0v) is 14.6. The Morgan fingerprint density at radius 2 is 1.15 bits per heavy atom. The minimum absolute atomic E-state index is 1.11. The van der Waals surface area contributed by atoms with Gasteiger partial charge in [-0.3, -0.25) is 0 Å². The highest BCUT2D eigenvalue weighted by Gasteiger charge is 2.04. The number of hydrogen-bond donors (Lipinski definition) is 1. The van der Waals surface area contributed by atoms with Gasteiger partial charge in [0, 0.05) is 0 Å². The predicted molar refractivity (Wildman–Crippen MR) is 91.5 cm³/mol. The summed E-state index contributed by atoms with van der Waals surface area (Å²) in [5.41, 5.74) is 0. The van der Waals surface area contributed by atoms with Crippen molar-refractivity contribution in [2.24, 2.45) is 0 Å². The molecule has 0 bridgehead atoms. The molecule has 122 valence electrons. The van der Waals surface area contributed by atoms with Crippen molar-refractivity contribution in [3.05, 3.63) is 0 Å². The molecule has 0 saturated carbocycles. The third-order valence-electron chi connectivity index (χ3n) is 4.12. The third kappa shape index (κ3) is 11.7. The summed E-state index contributed by atoms with van der Waals surface area (Å²) in [4.78, 5) is 5.14. The Morgan fingerprint density at radius 3 is 1.75 bits per heavy atom. The molecule has 0 fully saturated rings. The summed E-state index contributed by atoms with van der Waals surface area (Å²) in [5, 5.41) is 3.39. The topological polar surface area (TPSA) is 18.5 Å². The third-order valence-corrected chi connectivity index (χ3v) is 4.12. The van der Waals surface area contributed by atoms with Crippen molar-refractivity contribution >= 4 is 0 Å². The number of unbranched alkanes of at least 4 members (excludes halogenated alkanes) is 3. The summed E-state index contributed by atoms with van der Waals surface area (Å²) >= 11 is 0. The number of rotatable bonds is 15. The van der Waals surface area contributed by atoms with Gasteiger partial charge < -0.3 is 15.1 Å². The van der Waals surface area contributed by atoms with Crippen molar-refractivity contribution in [2.45, 2.75) is 59.8 Å². The highest BCUT2D eigenvalue weighted by Crippen LogP contribution is 2.03. The van der Waals surface area contributed by atoms with Gasteiger partial charge in [-0.1, -0.05) is 40.5 Å². The van der Waals surface area contributed by atoms with E-state index in [2.05, 4.69) is 42.8 Å². The molecule has 0 aromatic heterocycles. The van der Waals surface area contributed by atoms with Crippen LogP contribution in [0.5, 0.6) is 0 Å².